The van der Waals surface area contributed by atoms with E-state index in [0.29, 0.717) is 0 Å². The maximum Gasteiger partial charge on any atom is 0.310 e. The maximum absolute atomic E-state index is 13.4. The van der Waals surface area contributed by atoms with Gasteiger partial charge in [0.05, 0.1) is 11.6 Å². The second-order valence-corrected chi connectivity index (χ2v) is 6.20. The van der Waals surface area contributed by atoms with Gasteiger partial charge in [0.2, 0.25) is 5.60 Å². The number of benzene rings is 1. The Balaban J connectivity index is 1.71. The molecule has 1 aromatic carbocycles. The minimum absolute atomic E-state index is 0.0516. The van der Waals surface area contributed by atoms with Crippen molar-refractivity contribution in [1.29, 1.82) is 0 Å². The lowest BCUT2D eigenvalue weighted by molar-refractivity contribution is -0.141. The molecule has 136 valence electrons. The van der Waals surface area contributed by atoms with E-state index in [9.17, 15) is 18.4 Å². The standard InChI is InChI=1S/C18H16F2N2O4/c1-2-18(17(25)21-14-4-3-10(7-14)16(23)24)9-15(22-26-18)11-5-12(19)8-13(20)6-11/h2-6,8,10,14H,1,7,9H2,(H,21,25)(H,23,24)/t10-,14+,18+/m0/s1. The first-order valence-corrected chi connectivity index (χ1v) is 7.90. The van der Waals surface area contributed by atoms with Gasteiger partial charge in [-0.15, -0.1) is 0 Å². The van der Waals surface area contributed by atoms with Gasteiger partial charge in [0.25, 0.3) is 5.91 Å². The Bertz CT molecular complexity index is 816. The van der Waals surface area contributed by atoms with Crippen LogP contribution in [0.1, 0.15) is 18.4 Å². The summed E-state index contributed by atoms with van der Waals surface area (Å²) in [5.41, 5.74) is -1.14. The molecule has 1 aliphatic carbocycles. The number of aliphatic carboxylic acids is 1. The molecule has 2 N–H and O–H groups in total. The quantitative estimate of drug-likeness (QED) is 0.786. The van der Waals surface area contributed by atoms with Gasteiger partial charge in [0, 0.05) is 24.1 Å². The number of hydrogen-bond donors (Lipinski definition) is 2. The molecular weight excluding hydrogens is 346 g/mol. The zero-order chi connectivity index (χ0) is 18.9. The molecule has 26 heavy (non-hydrogen) atoms. The van der Waals surface area contributed by atoms with E-state index in [4.69, 9.17) is 9.94 Å². The van der Waals surface area contributed by atoms with Crippen molar-refractivity contribution in [2.45, 2.75) is 24.5 Å². The summed E-state index contributed by atoms with van der Waals surface area (Å²) in [7, 11) is 0. The average Bonchev–Trinajstić information content (AvgIpc) is 3.21. The molecule has 1 aliphatic heterocycles. The number of carboxylic acids is 1. The van der Waals surface area contributed by atoms with E-state index in [1.54, 1.807) is 6.08 Å². The van der Waals surface area contributed by atoms with Gasteiger partial charge in [-0.3, -0.25) is 9.59 Å². The average molecular weight is 362 g/mol. The fourth-order valence-electron chi connectivity index (χ4n) is 2.93. The highest BCUT2D eigenvalue weighted by molar-refractivity contribution is 6.06. The number of carbonyl (C=O) groups excluding carboxylic acids is 1. The highest BCUT2D eigenvalue weighted by Gasteiger charge is 2.45. The summed E-state index contributed by atoms with van der Waals surface area (Å²) in [6.45, 7) is 3.60. The third-order valence-electron chi connectivity index (χ3n) is 4.38. The molecule has 0 saturated carbocycles. The summed E-state index contributed by atoms with van der Waals surface area (Å²) in [6, 6.07) is 2.47. The Labute approximate surface area is 147 Å². The largest absolute Gasteiger partial charge is 0.481 e. The minimum atomic E-state index is -1.52. The Morgan fingerprint density at radius 3 is 2.58 bits per heavy atom. The van der Waals surface area contributed by atoms with E-state index in [-0.39, 0.29) is 24.1 Å². The molecular formula is C18H16F2N2O4. The molecule has 3 rings (SSSR count). The molecule has 1 amide bonds. The molecule has 0 fully saturated rings. The molecule has 0 spiro atoms. The van der Waals surface area contributed by atoms with Gasteiger partial charge >= 0.3 is 5.97 Å². The van der Waals surface area contributed by atoms with Gasteiger partial charge < -0.3 is 15.3 Å². The number of rotatable bonds is 5. The Morgan fingerprint density at radius 2 is 2.00 bits per heavy atom. The first kappa shape index (κ1) is 17.8. The molecule has 0 aromatic heterocycles. The number of nitrogens with one attached hydrogen (secondary N) is 1. The molecule has 0 saturated heterocycles. The lowest BCUT2D eigenvalue weighted by atomic mass is 9.92. The Morgan fingerprint density at radius 1 is 1.31 bits per heavy atom. The van der Waals surface area contributed by atoms with E-state index < -0.39 is 41.1 Å². The fourth-order valence-corrected chi connectivity index (χ4v) is 2.93. The van der Waals surface area contributed by atoms with Crippen LogP contribution in [0.4, 0.5) is 8.78 Å². The number of hydrogen-bond acceptors (Lipinski definition) is 4. The zero-order valence-electron chi connectivity index (χ0n) is 13.6. The number of nitrogens with zero attached hydrogens (tertiary/aromatic N) is 1. The van der Waals surface area contributed by atoms with Crippen LogP contribution in [0.2, 0.25) is 0 Å². The first-order valence-electron chi connectivity index (χ1n) is 7.90. The molecule has 0 radical (unpaired) electrons. The van der Waals surface area contributed by atoms with Crippen molar-refractivity contribution in [3.05, 3.63) is 60.2 Å². The van der Waals surface area contributed by atoms with Gasteiger partial charge in [0.1, 0.15) is 11.6 Å². The van der Waals surface area contributed by atoms with Crippen LogP contribution in [0.15, 0.2) is 48.2 Å². The highest BCUT2D eigenvalue weighted by atomic mass is 19.1. The van der Waals surface area contributed by atoms with E-state index in [1.165, 1.54) is 12.2 Å². The summed E-state index contributed by atoms with van der Waals surface area (Å²) in [5.74, 6) is -3.71. The Kier molecular flexibility index (Phi) is 4.58. The van der Waals surface area contributed by atoms with Crippen molar-refractivity contribution in [3.63, 3.8) is 0 Å². The molecule has 1 heterocycles. The second-order valence-electron chi connectivity index (χ2n) is 6.20. The number of carbonyl (C=O) groups is 2. The van der Waals surface area contributed by atoms with Crippen LogP contribution in [-0.4, -0.2) is 34.3 Å². The topological polar surface area (TPSA) is 88.0 Å². The van der Waals surface area contributed by atoms with Crippen LogP contribution in [-0.2, 0) is 14.4 Å². The SMILES string of the molecule is C=C[C@]1(C(=O)N[C@@H]2C=C[C@H](C(=O)O)C2)CC(c2cc(F)cc(F)c2)=NO1. The lowest BCUT2D eigenvalue weighted by Gasteiger charge is -2.23. The van der Waals surface area contributed by atoms with E-state index >= 15 is 0 Å². The molecule has 3 atom stereocenters. The minimum Gasteiger partial charge on any atom is -0.481 e. The fraction of sp³-hybridized carbons (Fsp3) is 0.278. The predicted molar refractivity (Wildman–Crippen MR) is 88.3 cm³/mol. The molecule has 2 aliphatic rings. The van der Waals surface area contributed by atoms with Crippen LogP contribution in [0.25, 0.3) is 0 Å². The van der Waals surface area contributed by atoms with Crippen molar-refractivity contribution >= 4 is 17.6 Å². The normalized spacial score (nSPS) is 26.9. The highest BCUT2D eigenvalue weighted by Crippen LogP contribution is 2.30. The number of halogens is 2. The van der Waals surface area contributed by atoms with Gasteiger partial charge in [-0.2, -0.15) is 0 Å². The number of oxime groups is 1. The lowest BCUT2D eigenvalue weighted by Crippen LogP contribution is -2.48. The van der Waals surface area contributed by atoms with Crippen molar-refractivity contribution in [1.82, 2.24) is 5.32 Å². The van der Waals surface area contributed by atoms with Crippen molar-refractivity contribution in [2.24, 2.45) is 11.1 Å². The van der Waals surface area contributed by atoms with Crippen molar-refractivity contribution in [2.75, 3.05) is 0 Å². The molecule has 0 unspecified atom stereocenters. The number of carboxylic acid groups (broad SMARTS) is 1. The van der Waals surface area contributed by atoms with Gasteiger partial charge in [-0.25, -0.2) is 8.78 Å². The van der Waals surface area contributed by atoms with Crippen LogP contribution in [0.5, 0.6) is 0 Å². The summed E-state index contributed by atoms with van der Waals surface area (Å²) in [5, 5.41) is 15.5. The smallest absolute Gasteiger partial charge is 0.310 e. The zero-order valence-corrected chi connectivity index (χ0v) is 13.6. The van der Waals surface area contributed by atoms with Crippen LogP contribution < -0.4 is 5.32 Å². The third-order valence-corrected chi connectivity index (χ3v) is 4.38. The molecule has 8 heteroatoms. The summed E-state index contributed by atoms with van der Waals surface area (Å²) in [4.78, 5) is 28.9. The van der Waals surface area contributed by atoms with Crippen molar-refractivity contribution < 1.29 is 28.3 Å². The predicted octanol–water partition coefficient (Wildman–Crippen LogP) is 2.16. The molecule has 1 aromatic rings. The van der Waals surface area contributed by atoms with Crippen LogP contribution >= 0.6 is 0 Å². The van der Waals surface area contributed by atoms with Crippen molar-refractivity contribution in [3.8, 4) is 0 Å². The molecule has 0 bridgehead atoms. The van der Waals surface area contributed by atoms with Crippen LogP contribution in [0.3, 0.4) is 0 Å². The van der Waals surface area contributed by atoms with Gasteiger partial charge in [-0.05, 0) is 24.6 Å². The maximum atomic E-state index is 13.4. The Hall–Kier alpha value is -3.03. The monoisotopic (exact) mass is 362 g/mol. The van der Waals surface area contributed by atoms with Gasteiger partial charge in [-0.1, -0.05) is 23.9 Å². The summed E-state index contributed by atoms with van der Waals surface area (Å²) < 4.78 is 26.8. The van der Waals surface area contributed by atoms with E-state index in [0.717, 1.165) is 18.2 Å². The summed E-state index contributed by atoms with van der Waals surface area (Å²) >= 11 is 0. The first-order chi connectivity index (χ1) is 12.3. The van der Waals surface area contributed by atoms with E-state index in [2.05, 4.69) is 17.1 Å². The third kappa shape index (κ3) is 3.35. The molecule has 6 nitrogen and oxygen atoms in total. The van der Waals surface area contributed by atoms with Gasteiger partial charge in [0.15, 0.2) is 0 Å². The van der Waals surface area contributed by atoms with E-state index in [1.807, 2.05) is 0 Å². The van der Waals surface area contributed by atoms with Crippen LogP contribution in [0, 0.1) is 17.6 Å². The number of amides is 1. The summed E-state index contributed by atoms with van der Waals surface area (Å²) in [6.07, 6.45) is 4.57. The second kappa shape index (κ2) is 6.70.